The Balaban J connectivity index is 1.67. The molecular weight excluding hydrogens is 348 g/mol. The first-order chi connectivity index (χ1) is 13.0. The van der Waals surface area contributed by atoms with Crippen molar-refractivity contribution in [3.05, 3.63) is 36.2 Å². The van der Waals surface area contributed by atoms with E-state index in [1.165, 1.54) is 0 Å². The van der Waals surface area contributed by atoms with Crippen molar-refractivity contribution >= 4 is 11.7 Å². The van der Waals surface area contributed by atoms with E-state index < -0.39 is 0 Å². The molecule has 1 atom stereocenters. The Morgan fingerprint density at radius 3 is 2.48 bits per heavy atom. The first-order valence-electron chi connectivity index (χ1n) is 8.68. The van der Waals surface area contributed by atoms with E-state index in [-0.39, 0.29) is 12.0 Å². The second-order valence-electron chi connectivity index (χ2n) is 6.49. The van der Waals surface area contributed by atoms with Crippen molar-refractivity contribution in [2.24, 2.45) is 0 Å². The third kappa shape index (κ3) is 4.39. The number of rotatable bonds is 6. The van der Waals surface area contributed by atoms with Crippen molar-refractivity contribution in [2.45, 2.75) is 12.5 Å². The van der Waals surface area contributed by atoms with Gasteiger partial charge in [-0.05, 0) is 12.1 Å². The standard InChI is InChI=1S/C19H24N4O4/c1-22(2)17-10-20-11-18(21-17)27-14-5-6-23(12-14)19(24)13-7-15(25-3)9-16(8-13)26-4/h7-11,14H,5-6,12H2,1-4H3. The van der Waals surface area contributed by atoms with Gasteiger partial charge in [-0.25, -0.2) is 0 Å². The lowest BCUT2D eigenvalue weighted by Crippen LogP contribution is -2.31. The maximum atomic E-state index is 12.8. The van der Waals surface area contributed by atoms with Gasteiger partial charge in [0.15, 0.2) is 5.82 Å². The predicted molar refractivity (Wildman–Crippen MR) is 101 cm³/mol. The van der Waals surface area contributed by atoms with Crippen molar-refractivity contribution in [3.8, 4) is 17.4 Å². The van der Waals surface area contributed by atoms with Gasteiger partial charge in [-0.2, -0.15) is 4.98 Å². The smallest absolute Gasteiger partial charge is 0.254 e. The SMILES string of the molecule is COc1cc(OC)cc(C(=O)N2CCC(Oc3cncc(N(C)C)n3)C2)c1. The maximum absolute atomic E-state index is 12.8. The van der Waals surface area contributed by atoms with Crippen LogP contribution in [0.1, 0.15) is 16.8 Å². The molecule has 0 bridgehead atoms. The number of amides is 1. The number of nitrogens with zero attached hydrogens (tertiary/aromatic N) is 4. The highest BCUT2D eigenvalue weighted by Crippen LogP contribution is 2.25. The number of ether oxygens (including phenoxy) is 3. The third-order valence-corrected chi connectivity index (χ3v) is 4.38. The Morgan fingerprint density at radius 1 is 1.15 bits per heavy atom. The lowest BCUT2D eigenvalue weighted by molar-refractivity contribution is 0.0770. The molecule has 27 heavy (non-hydrogen) atoms. The predicted octanol–water partition coefficient (Wildman–Crippen LogP) is 1.85. The first-order valence-corrected chi connectivity index (χ1v) is 8.68. The zero-order chi connectivity index (χ0) is 19.4. The molecule has 144 valence electrons. The Morgan fingerprint density at radius 2 is 1.85 bits per heavy atom. The van der Waals surface area contributed by atoms with Crippen LogP contribution in [0.15, 0.2) is 30.6 Å². The number of carbonyl (C=O) groups excluding carboxylic acids is 1. The van der Waals surface area contributed by atoms with E-state index >= 15 is 0 Å². The molecule has 0 aliphatic carbocycles. The maximum Gasteiger partial charge on any atom is 0.254 e. The fraction of sp³-hybridized carbons (Fsp3) is 0.421. The highest BCUT2D eigenvalue weighted by atomic mass is 16.5. The van der Waals surface area contributed by atoms with Crippen LogP contribution in [0.5, 0.6) is 17.4 Å². The van der Waals surface area contributed by atoms with Gasteiger partial charge in [-0.15, -0.1) is 0 Å². The normalized spacial score (nSPS) is 16.1. The summed E-state index contributed by atoms with van der Waals surface area (Å²) in [5.74, 6) is 2.28. The summed E-state index contributed by atoms with van der Waals surface area (Å²) in [7, 11) is 6.91. The quantitative estimate of drug-likeness (QED) is 0.766. The fourth-order valence-electron chi connectivity index (χ4n) is 2.90. The molecule has 2 aromatic rings. The number of anilines is 1. The molecule has 1 fully saturated rings. The summed E-state index contributed by atoms with van der Waals surface area (Å²) in [5, 5.41) is 0. The highest BCUT2D eigenvalue weighted by molar-refractivity contribution is 5.95. The molecule has 0 N–H and O–H groups in total. The van der Waals surface area contributed by atoms with Gasteiger partial charge in [0, 0.05) is 38.7 Å². The number of carbonyl (C=O) groups is 1. The molecule has 1 aliphatic rings. The molecule has 1 aromatic carbocycles. The molecule has 8 nitrogen and oxygen atoms in total. The van der Waals surface area contributed by atoms with Crippen molar-refractivity contribution in [2.75, 3.05) is 46.3 Å². The molecular formula is C19H24N4O4. The Kier molecular flexibility index (Phi) is 5.63. The van der Waals surface area contributed by atoms with Crippen molar-refractivity contribution in [1.82, 2.24) is 14.9 Å². The lowest BCUT2D eigenvalue weighted by Gasteiger charge is -2.18. The van der Waals surface area contributed by atoms with Crippen LogP contribution in [0.25, 0.3) is 0 Å². The van der Waals surface area contributed by atoms with Gasteiger partial charge in [0.2, 0.25) is 5.88 Å². The second kappa shape index (κ2) is 8.11. The molecule has 1 saturated heterocycles. The minimum Gasteiger partial charge on any atom is -0.497 e. The molecule has 1 aliphatic heterocycles. The highest BCUT2D eigenvalue weighted by Gasteiger charge is 2.29. The van der Waals surface area contributed by atoms with Crippen molar-refractivity contribution < 1.29 is 19.0 Å². The number of hydrogen-bond donors (Lipinski definition) is 0. The Hall–Kier alpha value is -3.03. The minimum atomic E-state index is -0.117. The monoisotopic (exact) mass is 372 g/mol. The molecule has 0 radical (unpaired) electrons. The van der Waals surface area contributed by atoms with Gasteiger partial charge in [-0.3, -0.25) is 9.78 Å². The number of benzene rings is 1. The second-order valence-corrected chi connectivity index (χ2v) is 6.49. The molecule has 1 unspecified atom stereocenters. The largest absolute Gasteiger partial charge is 0.497 e. The summed E-state index contributed by atoms with van der Waals surface area (Å²) >= 11 is 0. The third-order valence-electron chi connectivity index (χ3n) is 4.38. The summed E-state index contributed by atoms with van der Waals surface area (Å²) in [5.41, 5.74) is 0.529. The van der Waals surface area contributed by atoms with Gasteiger partial charge in [0.25, 0.3) is 5.91 Å². The minimum absolute atomic E-state index is 0.0774. The van der Waals surface area contributed by atoms with E-state index in [1.807, 2.05) is 19.0 Å². The van der Waals surface area contributed by atoms with Crippen LogP contribution in [-0.4, -0.2) is 68.3 Å². The van der Waals surface area contributed by atoms with E-state index in [2.05, 4.69) is 9.97 Å². The molecule has 1 amide bonds. The number of aromatic nitrogens is 2. The van der Waals surface area contributed by atoms with Crippen LogP contribution in [0.4, 0.5) is 5.82 Å². The van der Waals surface area contributed by atoms with Crippen LogP contribution in [0.3, 0.4) is 0 Å². The van der Waals surface area contributed by atoms with Crippen LogP contribution < -0.4 is 19.1 Å². The number of hydrogen-bond acceptors (Lipinski definition) is 7. The summed E-state index contributed by atoms with van der Waals surface area (Å²) in [6.45, 7) is 1.11. The average Bonchev–Trinajstić information content (AvgIpc) is 3.15. The summed E-state index contributed by atoms with van der Waals surface area (Å²) < 4.78 is 16.4. The van der Waals surface area contributed by atoms with Crippen molar-refractivity contribution in [1.29, 1.82) is 0 Å². The first kappa shape index (κ1) is 18.8. The van der Waals surface area contributed by atoms with Crippen molar-refractivity contribution in [3.63, 3.8) is 0 Å². The van der Waals surface area contributed by atoms with Gasteiger partial charge in [-0.1, -0.05) is 0 Å². The summed E-state index contributed by atoms with van der Waals surface area (Å²) in [4.78, 5) is 25.0. The Bertz CT molecular complexity index is 790. The van der Waals surface area contributed by atoms with Crippen LogP contribution >= 0.6 is 0 Å². The van der Waals surface area contributed by atoms with E-state index in [4.69, 9.17) is 14.2 Å². The number of likely N-dealkylation sites (tertiary alicyclic amines) is 1. The van der Waals surface area contributed by atoms with Gasteiger partial charge in [0.05, 0.1) is 33.2 Å². The van der Waals surface area contributed by atoms with Gasteiger partial charge in [0.1, 0.15) is 17.6 Å². The summed E-state index contributed by atoms with van der Waals surface area (Å²) in [6, 6.07) is 5.17. The zero-order valence-corrected chi connectivity index (χ0v) is 16.0. The lowest BCUT2D eigenvalue weighted by atomic mass is 10.1. The van der Waals surface area contributed by atoms with E-state index in [0.717, 1.165) is 12.2 Å². The van der Waals surface area contributed by atoms with Crippen LogP contribution in [0, 0.1) is 0 Å². The van der Waals surface area contributed by atoms with E-state index in [1.54, 1.807) is 49.7 Å². The zero-order valence-electron chi connectivity index (χ0n) is 16.0. The van der Waals surface area contributed by atoms with Gasteiger partial charge >= 0.3 is 0 Å². The molecule has 0 spiro atoms. The molecule has 1 aromatic heterocycles. The van der Waals surface area contributed by atoms with E-state index in [0.29, 0.717) is 36.0 Å². The van der Waals surface area contributed by atoms with Crippen LogP contribution in [-0.2, 0) is 0 Å². The van der Waals surface area contributed by atoms with E-state index in [9.17, 15) is 4.79 Å². The fourth-order valence-corrected chi connectivity index (χ4v) is 2.90. The molecule has 8 heteroatoms. The molecule has 3 rings (SSSR count). The molecule has 0 saturated carbocycles. The summed E-state index contributed by atoms with van der Waals surface area (Å²) in [6.07, 6.45) is 3.88. The topological polar surface area (TPSA) is 77.0 Å². The molecule has 2 heterocycles. The van der Waals surface area contributed by atoms with Gasteiger partial charge < -0.3 is 24.0 Å². The number of methoxy groups -OCH3 is 2. The van der Waals surface area contributed by atoms with Crippen LogP contribution in [0.2, 0.25) is 0 Å². The average molecular weight is 372 g/mol. The Labute approximate surface area is 158 Å².